The smallest absolute Gasteiger partial charge is 0.255 e. The minimum absolute atomic E-state index is 0.117. The molecule has 0 N–H and O–H groups in total. The van der Waals surface area contributed by atoms with Crippen molar-refractivity contribution in [1.29, 1.82) is 0 Å². The van der Waals surface area contributed by atoms with Crippen molar-refractivity contribution in [2.45, 2.75) is 19.1 Å². The van der Waals surface area contributed by atoms with Gasteiger partial charge in [0.1, 0.15) is 11.9 Å². The number of nitrogens with zero attached hydrogens (tertiary/aromatic N) is 5. The fourth-order valence-electron chi connectivity index (χ4n) is 3.92. The van der Waals surface area contributed by atoms with Crippen LogP contribution in [0.1, 0.15) is 38.9 Å². The van der Waals surface area contributed by atoms with Crippen LogP contribution >= 0.6 is 0 Å². The molecule has 1 aliphatic rings. The Morgan fingerprint density at radius 2 is 1.63 bits per heavy atom. The Balaban J connectivity index is 1.56. The molecule has 4 aromatic rings. The fourth-order valence-corrected chi connectivity index (χ4v) is 3.92. The maximum atomic E-state index is 13.7. The van der Waals surface area contributed by atoms with E-state index >= 15 is 0 Å². The number of hydrogen-bond donors (Lipinski definition) is 0. The van der Waals surface area contributed by atoms with Gasteiger partial charge in [0.15, 0.2) is 5.82 Å². The Morgan fingerprint density at radius 1 is 0.867 bits per heavy atom. The number of carbonyl (C=O) groups excluding carboxylic acids is 1. The first-order valence-corrected chi connectivity index (χ1v) is 9.65. The van der Waals surface area contributed by atoms with Gasteiger partial charge in [-0.2, -0.15) is 0 Å². The predicted molar refractivity (Wildman–Crippen MR) is 108 cm³/mol. The van der Waals surface area contributed by atoms with E-state index in [0.717, 1.165) is 11.1 Å². The quantitative estimate of drug-likeness (QED) is 0.514. The lowest BCUT2D eigenvalue weighted by molar-refractivity contribution is 0.0727. The monoisotopic (exact) mass is 399 g/mol. The first kappa shape index (κ1) is 18.2. The van der Waals surface area contributed by atoms with E-state index in [1.54, 1.807) is 15.6 Å². The molecule has 0 spiro atoms. The van der Waals surface area contributed by atoms with Gasteiger partial charge >= 0.3 is 0 Å². The van der Waals surface area contributed by atoms with Gasteiger partial charge in [0.25, 0.3) is 5.91 Å². The summed E-state index contributed by atoms with van der Waals surface area (Å²) in [5.74, 6) is 0.129. The van der Waals surface area contributed by atoms with Gasteiger partial charge in [-0.25, -0.2) is 9.07 Å². The van der Waals surface area contributed by atoms with Crippen LogP contribution in [0.2, 0.25) is 0 Å². The highest BCUT2D eigenvalue weighted by Crippen LogP contribution is 2.38. The summed E-state index contributed by atoms with van der Waals surface area (Å²) in [7, 11) is 0. The molecule has 3 aromatic carbocycles. The molecule has 5 rings (SSSR count). The van der Waals surface area contributed by atoms with E-state index in [-0.39, 0.29) is 18.3 Å². The molecule has 30 heavy (non-hydrogen) atoms. The van der Waals surface area contributed by atoms with E-state index in [1.807, 2.05) is 60.7 Å². The Hall–Kier alpha value is -3.87. The van der Waals surface area contributed by atoms with Crippen molar-refractivity contribution >= 4 is 5.91 Å². The summed E-state index contributed by atoms with van der Waals surface area (Å²) in [5.41, 5.74) is 3.24. The topological polar surface area (TPSA) is 63.9 Å². The second-order valence-corrected chi connectivity index (χ2v) is 7.23. The van der Waals surface area contributed by atoms with E-state index in [0.29, 0.717) is 23.5 Å². The number of amides is 1. The zero-order chi connectivity index (χ0) is 20.5. The molecule has 1 aliphatic heterocycles. The number of halogens is 1. The van der Waals surface area contributed by atoms with Crippen molar-refractivity contribution in [2.24, 2.45) is 0 Å². The number of carbonyl (C=O) groups is 1. The van der Waals surface area contributed by atoms with Crippen molar-refractivity contribution in [1.82, 2.24) is 25.1 Å². The van der Waals surface area contributed by atoms with Crippen molar-refractivity contribution in [2.75, 3.05) is 0 Å². The van der Waals surface area contributed by atoms with Crippen LogP contribution in [0.25, 0.3) is 0 Å². The van der Waals surface area contributed by atoms with Crippen molar-refractivity contribution < 1.29 is 9.18 Å². The summed E-state index contributed by atoms with van der Waals surface area (Å²) >= 11 is 0. The standard InChI is InChI=1S/C23H18FN5O/c24-18-10-6-9-17(13-18)14-28-21(19-11-4-5-12-20(19)23(28)30)22-25-26-27-29(22)15-16-7-2-1-3-8-16/h1-13,21H,14-15H2. The summed E-state index contributed by atoms with van der Waals surface area (Å²) in [4.78, 5) is 14.9. The minimum Gasteiger partial charge on any atom is -0.320 e. The van der Waals surface area contributed by atoms with Gasteiger partial charge in [-0.15, -0.1) is 5.10 Å². The van der Waals surface area contributed by atoms with Gasteiger partial charge in [0.2, 0.25) is 0 Å². The lowest BCUT2D eigenvalue weighted by Crippen LogP contribution is -2.30. The maximum Gasteiger partial charge on any atom is 0.255 e. The first-order valence-electron chi connectivity index (χ1n) is 9.65. The third kappa shape index (κ3) is 3.24. The Bertz CT molecular complexity index is 1210. The lowest BCUT2D eigenvalue weighted by atomic mass is 10.0. The highest BCUT2D eigenvalue weighted by molar-refractivity contribution is 5.99. The molecule has 2 heterocycles. The first-order chi connectivity index (χ1) is 14.7. The molecule has 0 radical (unpaired) electrons. The highest BCUT2D eigenvalue weighted by Gasteiger charge is 2.40. The minimum atomic E-state index is -0.448. The van der Waals surface area contributed by atoms with Gasteiger partial charge in [0.05, 0.1) is 6.54 Å². The molecule has 7 heteroatoms. The fraction of sp³-hybridized carbons (Fsp3) is 0.130. The van der Waals surface area contributed by atoms with Crippen molar-refractivity contribution in [3.05, 3.63) is 113 Å². The van der Waals surface area contributed by atoms with Gasteiger partial charge < -0.3 is 4.90 Å². The zero-order valence-corrected chi connectivity index (χ0v) is 16.0. The second-order valence-electron chi connectivity index (χ2n) is 7.23. The average Bonchev–Trinajstić information content (AvgIpc) is 3.31. The van der Waals surface area contributed by atoms with Crippen LogP contribution < -0.4 is 0 Å². The van der Waals surface area contributed by atoms with Crippen LogP contribution in [0.15, 0.2) is 78.9 Å². The molecular formula is C23H18FN5O. The summed E-state index contributed by atoms with van der Waals surface area (Å²) < 4.78 is 15.5. The molecule has 0 aliphatic carbocycles. The number of fused-ring (bicyclic) bond motifs is 1. The van der Waals surface area contributed by atoms with Crippen molar-refractivity contribution in [3.63, 3.8) is 0 Å². The Morgan fingerprint density at radius 3 is 2.47 bits per heavy atom. The van der Waals surface area contributed by atoms with E-state index < -0.39 is 6.04 Å². The van der Waals surface area contributed by atoms with Gasteiger partial charge in [-0.3, -0.25) is 4.79 Å². The van der Waals surface area contributed by atoms with Crippen LogP contribution in [0.3, 0.4) is 0 Å². The second kappa shape index (κ2) is 7.51. The molecule has 0 fully saturated rings. The Labute approximate surface area is 172 Å². The number of benzene rings is 3. The van der Waals surface area contributed by atoms with Crippen molar-refractivity contribution in [3.8, 4) is 0 Å². The number of tetrazole rings is 1. The highest BCUT2D eigenvalue weighted by atomic mass is 19.1. The molecule has 1 aromatic heterocycles. The van der Waals surface area contributed by atoms with Gasteiger partial charge in [0, 0.05) is 12.1 Å². The largest absolute Gasteiger partial charge is 0.320 e. The maximum absolute atomic E-state index is 13.7. The number of hydrogen-bond acceptors (Lipinski definition) is 4. The van der Waals surface area contributed by atoms with E-state index in [9.17, 15) is 9.18 Å². The summed E-state index contributed by atoms with van der Waals surface area (Å²) in [6.45, 7) is 0.748. The summed E-state index contributed by atoms with van der Waals surface area (Å²) in [6, 6.07) is 23.2. The third-order valence-corrected chi connectivity index (χ3v) is 5.28. The average molecular weight is 399 g/mol. The van der Waals surface area contributed by atoms with E-state index in [4.69, 9.17) is 0 Å². The van der Waals surface area contributed by atoms with Crippen LogP contribution in [0, 0.1) is 5.82 Å². The molecule has 1 unspecified atom stereocenters. The Kier molecular flexibility index (Phi) is 4.55. The number of rotatable bonds is 5. The molecule has 148 valence electrons. The molecular weight excluding hydrogens is 381 g/mol. The van der Waals surface area contributed by atoms with Crippen LogP contribution in [0.5, 0.6) is 0 Å². The summed E-state index contributed by atoms with van der Waals surface area (Å²) in [5, 5.41) is 12.3. The molecule has 0 bridgehead atoms. The predicted octanol–water partition coefficient (Wildman–Crippen LogP) is 3.61. The number of aromatic nitrogens is 4. The molecule has 1 atom stereocenters. The molecule has 0 saturated heterocycles. The van der Waals surface area contributed by atoms with Crippen LogP contribution in [-0.4, -0.2) is 31.0 Å². The van der Waals surface area contributed by atoms with E-state index in [1.165, 1.54) is 12.1 Å². The van der Waals surface area contributed by atoms with Crippen LogP contribution in [0.4, 0.5) is 4.39 Å². The van der Waals surface area contributed by atoms with Crippen LogP contribution in [-0.2, 0) is 13.1 Å². The zero-order valence-electron chi connectivity index (χ0n) is 16.0. The lowest BCUT2D eigenvalue weighted by Gasteiger charge is -2.25. The SMILES string of the molecule is O=C1c2ccccc2C(c2nnnn2Cc2ccccc2)N1Cc1cccc(F)c1. The van der Waals surface area contributed by atoms with Gasteiger partial charge in [-0.05, 0) is 45.3 Å². The van der Waals surface area contributed by atoms with E-state index in [2.05, 4.69) is 15.5 Å². The normalized spacial score (nSPS) is 15.4. The summed E-state index contributed by atoms with van der Waals surface area (Å²) in [6.07, 6.45) is 0. The molecule has 0 saturated carbocycles. The van der Waals surface area contributed by atoms with Gasteiger partial charge in [-0.1, -0.05) is 60.7 Å². The molecule has 6 nitrogen and oxygen atoms in total. The third-order valence-electron chi connectivity index (χ3n) is 5.28. The molecule has 1 amide bonds.